The summed E-state index contributed by atoms with van der Waals surface area (Å²) in [5.74, 6) is -0.0868. The Hall–Kier alpha value is -1.89. The van der Waals surface area contributed by atoms with E-state index in [0.717, 1.165) is 27.5 Å². The molecule has 0 amide bonds. The summed E-state index contributed by atoms with van der Waals surface area (Å²) in [6.45, 7) is 0.841. The molecule has 1 aliphatic heterocycles. The first kappa shape index (κ1) is 15.6. The van der Waals surface area contributed by atoms with E-state index in [-0.39, 0.29) is 18.1 Å². The van der Waals surface area contributed by atoms with Gasteiger partial charge in [0, 0.05) is 23.9 Å². The van der Waals surface area contributed by atoms with E-state index in [1.54, 1.807) is 0 Å². The van der Waals surface area contributed by atoms with Crippen LogP contribution in [0.25, 0.3) is 21.9 Å². The van der Waals surface area contributed by atoms with Crippen molar-refractivity contribution in [3.63, 3.8) is 0 Å². The van der Waals surface area contributed by atoms with Gasteiger partial charge in [0.15, 0.2) is 9.84 Å². The zero-order chi connectivity index (χ0) is 16.8. The van der Waals surface area contributed by atoms with Gasteiger partial charge in [-0.05, 0) is 30.2 Å². The molecule has 0 aliphatic carbocycles. The lowest BCUT2D eigenvalue weighted by atomic mass is 10.0. The van der Waals surface area contributed by atoms with Gasteiger partial charge in [0.05, 0.1) is 17.1 Å². The number of hydrogen-bond donors (Lipinski definition) is 2. The zero-order valence-electron chi connectivity index (χ0n) is 13.2. The van der Waals surface area contributed by atoms with Crippen molar-refractivity contribution in [1.29, 1.82) is 0 Å². The lowest BCUT2D eigenvalue weighted by Gasteiger charge is -2.21. The summed E-state index contributed by atoms with van der Waals surface area (Å²) >= 11 is 0. The molecule has 6 heteroatoms. The molecule has 1 fully saturated rings. The van der Waals surface area contributed by atoms with E-state index < -0.39 is 15.4 Å². The summed E-state index contributed by atoms with van der Waals surface area (Å²) in [6, 6.07) is 13.9. The standard InChI is InChI=1S/C18H19NO4S/c20-18(7-8-24(21,22)12-18)11-19-10-13-5-6-17-15(9-13)14-3-1-2-4-16(14)23-17/h1-6,9,19-20H,7-8,10-12H2. The molecule has 1 saturated heterocycles. The van der Waals surface area contributed by atoms with Crippen LogP contribution in [-0.4, -0.2) is 37.2 Å². The van der Waals surface area contributed by atoms with Crippen molar-refractivity contribution >= 4 is 31.8 Å². The molecule has 2 aromatic carbocycles. The number of furan rings is 1. The predicted molar refractivity (Wildman–Crippen MR) is 93.6 cm³/mol. The van der Waals surface area contributed by atoms with Crippen molar-refractivity contribution in [3.05, 3.63) is 48.0 Å². The van der Waals surface area contributed by atoms with Crippen LogP contribution in [0.4, 0.5) is 0 Å². The first-order valence-corrected chi connectivity index (χ1v) is 9.80. The molecule has 0 radical (unpaired) electrons. The monoisotopic (exact) mass is 345 g/mol. The highest BCUT2D eigenvalue weighted by molar-refractivity contribution is 7.91. The number of aliphatic hydroxyl groups is 1. The third kappa shape index (κ3) is 2.92. The summed E-state index contributed by atoms with van der Waals surface area (Å²) < 4.78 is 28.8. The zero-order valence-corrected chi connectivity index (χ0v) is 14.0. The number of hydrogen-bond acceptors (Lipinski definition) is 5. The number of nitrogens with one attached hydrogen (secondary N) is 1. The Morgan fingerprint density at radius 1 is 1.12 bits per heavy atom. The van der Waals surface area contributed by atoms with Gasteiger partial charge in [-0.3, -0.25) is 0 Å². The Kier molecular flexibility index (Phi) is 3.63. The quantitative estimate of drug-likeness (QED) is 0.758. The fourth-order valence-corrected chi connectivity index (χ4v) is 5.26. The van der Waals surface area contributed by atoms with E-state index in [0.29, 0.717) is 13.0 Å². The first-order chi connectivity index (χ1) is 11.4. The minimum Gasteiger partial charge on any atom is -0.456 e. The second kappa shape index (κ2) is 5.58. The van der Waals surface area contributed by atoms with E-state index in [9.17, 15) is 13.5 Å². The van der Waals surface area contributed by atoms with Crippen LogP contribution in [-0.2, 0) is 16.4 Å². The van der Waals surface area contributed by atoms with Crippen molar-refractivity contribution in [1.82, 2.24) is 5.32 Å². The molecule has 2 heterocycles. The summed E-state index contributed by atoms with van der Waals surface area (Å²) in [5.41, 5.74) is 1.63. The van der Waals surface area contributed by atoms with E-state index in [4.69, 9.17) is 4.42 Å². The van der Waals surface area contributed by atoms with Crippen LogP contribution in [0.2, 0.25) is 0 Å². The van der Waals surface area contributed by atoms with Crippen LogP contribution in [0.5, 0.6) is 0 Å². The van der Waals surface area contributed by atoms with Crippen molar-refractivity contribution in [3.8, 4) is 0 Å². The average molecular weight is 345 g/mol. The first-order valence-electron chi connectivity index (χ1n) is 7.98. The van der Waals surface area contributed by atoms with Crippen LogP contribution < -0.4 is 5.32 Å². The van der Waals surface area contributed by atoms with E-state index in [1.165, 1.54) is 0 Å². The largest absolute Gasteiger partial charge is 0.456 e. The smallest absolute Gasteiger partial charge is 0.153 e. The molecule has 3 aromatic rings. The van der Waals surface area contributed by atoms with Crippen molar-refractivity contribution in [2.75, 3.05) is 18.1 Å². The molecule has 0 bridgehead atoms. The van der Waals surface area contributed by atoms with Crippen LogP contribution in [0.15, 0.2) is 46.9 Å². The summed E-state index contributed by atoms with van der Waals surface area (Å²) in [5, 5.41) is 15.7. The van der Waals surface area contributed by atoms with E-state index >= 15 is 0 Å². The number of benzene rings is 2. The number of para-hydroxylation sites is 1. The molecule has 126 valence electrons. The van der Waals surface area contributed by atoms with E-state index in [1.807, 2.05) is 36.4 Å². The van der Waals surface area contributed by atoms with Gasteiger partial charge in [-0.15, -0.1) is 0 Å². The van der Waals surface area contributed by atoms with Crippen molar-refractivity contribution < 1.29 is 17.9 Å². The highest BCUT2D eigenvalue weighted by Gasteiger charge is 2.40. The molecule has 5 nitrogen and oxygen atoms in total. The fourth-order valence-electron chi connectivity index (χ4n) is 3.36. The lowest BCUT2D eigenvalue weighted by Crippen LogP contribution is -2.41. The highest BCUT2D eigenvalue weighted by Crippen LogP contribution is 2.29. The Morgan fingerprint density at radius 3 is 2.71 bits per heavy atom. The Balaban J connectivity index is 1.50. The minimum absolute atomic E-state index is 0.0676. The molecule has 1 aliphatic rings. The maximum Gasteiger partial charge on any atom is 0.153 e. The lowest BCUT2D eigenvalue weighted by molar-refractivity contribution is 0.0670. The molecule has 2 N–H and O–H groups in total. The Labute approximate surface area is 140 Å². The molecule has 0 saturated carbocycles. The maximum absolute atomic E-state index is 11.5. The van der Waals surface area contributed by atoms with Gasteiger partial charge in [-0.25, -0.2) is 8.42 Å². The molecule has 1 atom stereocenters. The third-order valence-electron chi connectivity index (χ3n) is 4.59. The minimum atomic E-state index is -3.10. The third-order valence-corrected chi connectivity index (χ3v) is 6.39. The van der Waals surface area contributed by atoms with E-state index in [2.05, 4.69) is 11.4 Å². The molecule has 0 spiro atoms. The van der Waals surface area contributed by atoms with Crippen molar-refractivity contribution in [2.45, 2.75) is 18.6 Å². The van der Waals surface area contributed by atoms with Crippen molar-refractivity contribution in [2.24, 2.45) is 0 Å². The van der Waals surface area contributed by atoms with Gasteiger partial charge >= 0.3 is 0 Å². The maximum atomic E-state index is 11.5. The summed E-state index contributed by atoms with van der Waals surface area (Å²) in [4.78, 5) is 0. The second-order valence-electron chi connectivity index (χ2n) is 6.60. The molecular weight excluding hydrogens is 326 g/mol. The van der Waals surface area contributed by atoms with Crippen LogP contribution in [0.3, 0.4) is 0 Å². The number of rotatable bonds is 4. The fraction of sp³-hybridized carbons (Fsp3) is 0.333. The summed E-state index contributed by atoms with van der Waals surface area (Å²) in [6.07, 6.45) is 0.299. The van der Waals surface area contributed by atoms with Gasteiger partial charge in [0.1, 0.15) is 11.2 Å². The molecule has 4 rings (SSSR count). The van der Waals surface area contributed by atoms with Crippen LogP contribution in [0.1, 0.15) is 12.0 Å². The van der Waals surface area contributed by atoms with Gasteiger partial charge < -0.3 is 14.8 Å². The molecule has 24 heavy (non-hydrogen) atoms. The number of fused-ring (bicyclic) bond motifs is 3. The van der Waals surface area contributed by atoms with Crippen LogP contribution in [0, 0.1) is 0 Å². The van der Waals surface area contributed by atoms with Gasteiger partial charge in [-0.1, -0.05) is 24.3 Å². The number of sulfone groups is 1. The normalized spacial score (nSPS) is 23.2. The molecule has 1 aromatic heterocycles. The average Bonchev–Trinajstić information content (AvgIpc) is 3.04. The highest BCUT2D eigenvalue weighted by atomic mass is 32.2. The molecular formula is C18H19NO4S. The topological polar surface area (TPSA) is 79.5 Å². The predicted octanol–water partition coefficient (Wildman–Crippen LogP) is 2.23. The summed E-state index contributed by atoms with van der Waals surface area (Å²) in [7, 11) is -3.10. The SMILES string of the molecule is O=S1(=O)CCC(O)(CNCc2ccc3oc4ccccc4c3c2)C1. The van der Waals surface area contributed by atoms with Gasteiger partial charge in [-0.2, -0.15) is 0 Å². The van der Waals surface area contributed by atoms with Crippen LogP contribution >= 0.6 is 0 Å². The van der Waals surface area contributed by atoms with Gasteiger partial charge in [0.25, 0.3) is 0 Å². The second-order valence-corrected chi connectivity index (χ2v) is 8.78. The molecule has 1 unspecified atom stereocenters. The van der Waals surface area contributed by atoms with Gasteiger partial charge in [0.2, 0.25) is 0 Å². The Bertz CT molecular complexity index is 1010. The Morgan fingerprint density at radius 2 is 1.92 bits per heavy atom.